The summed E-state index contributed by atoms with van der Waals surface area (Å²) in [6.45, 7) is 2.54. The molecule has 0 amide bonds. The quantitative estimate of drug-likeness (QED) is 0.905. The second kappa shape index (κ2) is 5.52. The van der Waals surface area contributed by atoms with Gasteiger partial charge < -0.3 is 5.73 Å². The van der Waals surface area contributed by atoms with E-state index in [1.165, 1.54) is 4.40 Å². The van der Waals surface area contributed by atoms with Gasteiger partial charge in [-0.3, -0.25) is 14.1 Å². The first-order chi connectivity index (χ1) is 9.61. The molecule has 20 heavy (non-hydrogen) atoms. The van der Waals surface area contributed by atoms with Crippen molar-refractivity contribution in [1.29, 1.82) is 0 Å². The largest absolute Gasteiger partial charge is 0.327 e. The van der Waals surface area contributed by atoms with Crippen LogP contribution in [-0.4, -0.2) is 33.4 Å². The van der Waals surface area contributed by atoms with Crippen molar-refractivity contribution in [1.82, 2.24) is 14.3 Å². The SMILES string of the molecule is NC1CCCN(Cc2cc(=O)n3cc(Cl)ccc3n2)C1. The normalized spacial score (nSPS) is 20.4. The summed E-state index contributed by atoms with van der Waals surface area (Å²) in [5.74, 6) is 0. The maximum Gasteiger partial charge on any atom is 0.258 e. The van der Waals surface area contributed by atoms with Crippen molar-refractivity contribution in [2.45, 2.75) is 25.4 Å². The Bertz CT molecular complexity index is 684. The van der Waals surface area contributed by atoms with E-state index in [-0.39, 0.29) is 11.6 Å². The Morgan fingerprint density at radius 3 is 3.10 bits per heavy atom. The van der Waals surface area contributed by atoms with E-state index in [0.717, 1.165) is 31.6 Å². The van der Waals surface area contributed by atoms with Gasteiger partial charge in [-0.15, -0.1) is 0 Å². The standard InChI is InChI=1S/C14H17ClN4O/c15-10-3-4-13-17-12(6-14(20)19(13)7-10)9-18-5-1-2-11(16)8-18/h3-4,6-7,11H,1-2,5,8-9,16H2. The Hall–Kier alpha value is -1.43. The number of likely N-dealkylation sites (tertiary alicyclic amines) is 1. The van der Waals surface area contributed by atoms with Crippen LogP contribution in [0.2, 0.25) is 5.02 Å². The number of nitrogens with zero attached hydrogens (tertiary/aromatic N) is 3. The van der Waals surface area contributed by atoms with E-state index in [1.54, 1.807) is 24.4 Å². The lowest BCUT2D eigenvalue weighted by molar-refractivity contribution is 0.199. The molecule has 2 aromatic heterocycles. The van der Waals surface area contributed by atoms with Gasteiger partial charge in [0.05, 0.1) is 10.7 Å². The summed E-state index contributed by atoms with van der Waals surface area (Å²) < 4.78 is 1.47. The van der Waals surface area contributed by atoms with Crippen LogP contribution in [0.15, 0.2) is 29.2 Å². The first kappa shape index (κ1) is 13.5. The summed E-state index contributed by atoms with van der Waals surface area (Å²) in [5, 5.41) is 0.524. The number of aromatic nitrogens is 2. The van der Waals surface area contributed by atoms with Crippen LogP contribution in [0.25, 0.3) is 5.65 Å². The summed E-state index contributed by atoms with van der Waals surface area (Å²) in [5.41, 5.74) is 7.28. The van der Waals surface area contributed by atoms with Gasteiger partial charge in [0.1, 0.15) is 5.65 Å². The summed E-state index contributed by atoms with van der Waals surface area (Å²) >= 11 is 5.89. The number of halogens is 1. The second-order valence-electron chi connectivity index (χ2n) is 5.30. The molecule has 1 saturated heterocycles. The van der Waals surface area contributed by atoms with Crippen LogP contribution >= 0.6 is 11.6 Å². The van der Waals surface area contributed by atoms with Crippen LogP contribution in [0, 0.1) is 0 Å². The molecule has 6 heteroatoms. The minimum absolute atomic E-state index is 0.103. The molecule has 2 N–H and O–H groups in total. The van der Waals surface area contributed by atoms with Crippen molar-refractivity contribution < 1.29 is 0 Å². The molecule has 1 aliphatic heterocycles. The molecular formula is C14H17ClN4O. The number of fused-ring (bicyclic) bond motifs is 1. The minimum Gasteiger partial charge on any atom is -0.327 e. The Balaban J connectivity index is 1.89. The predicted octanol–water partition coefficient (Wildman–Crippen LogP) is 1.27. The lowest BCUT2D eigenvalue weighted by Gasteiger charge is -2.30. The predicted molar refractivity (Wildman–Crippen MR) is 79.0 cm³/mol. The molecule has 0 radical (unpaired) electrons. The van der Waals surface area contributed by atoms with Gasteiger partial charge in [-0.25, -0.2) is 4.98 Å². The van der Waals surface area contributed by atoms with E-state index in [2.05, 4.69) is 9.88 Å². The third-order valence-electron chi connectivity index (χ3n) is 3.60. The zero-order valence-electron chi connectivity index (χ0n) is 11.1. The van der Waals surface area contributed by atoms with Crippen LogP contribution in [0.1, 0.15) is 18.5 Å². The molecule has 0 aromatic carbocycles. The number of pyridine rings is 1. The third-order valence-corrected chi connectivity index (χ3v) is 3.83. The highest BCUT2D eigenvalue weighted by Crippen LogP contribution is 2.12. The first-order valence-electron chi connectivity index (χ1n) is 6.77. The Kier molecular flexibility index (Phi) is 3.74. The van der Waals surface area contributed by atoms with Gasteiger partial charge in [-0.2, -0.15) is 0 Å². The molecule has 2 aromatic rings. The van der Waals surface area contributed by atoms with Crippen molar-refractivity contribution in [2.24, 2.45) is 5.73 Å². The zero-order valence-corrected chi connectivity index (χ0v) is 11.9. The summed E-state index contributed by atoms with van der Waals surface area (Å²) in [4.78, 5) is 18.8. The van der Waals surface area contributed by atoms with Crippen LogP contribution in [0.3, 0.4) is 0 Å². The van der Waals surface area contributed by atoms with Crippen LogP contribution in [0.5, 0.6) is 0 Å². The lowest BCUT2D eigenvalue weighted by Crippen LogP contribution is -2.42. The fourth-order valence-corrected chi connectivity index (χ4v) is 2.83. The van der Waals surface area contributed by atoms with E-state index < -0.39 is 0 Å². The van der Waals surface area contributed by atoms with E-state index in [9.17, 15) is 4.79 Å². The zero-order chi connectivity index (χ0) is 14.1. The number of hydrogen-bond donors (Lipinski definition) is 1. The maximum absolute atomic E-state index is 12.1. The maximum atomic E-state index is 12.1. The monoisotopic (exact) mass is 292 g/mol. The molecule has 1 unspecified atom stereocenters. The minimum atomic E-state index is -0.103. The number of nitrogens with two attached hydrogens (primary N) is 1. The molecule has 106 valence electrons. The topological polar surface area (TPSA) is 63.6 Å². The van der Waals surface area contributed by atoms with Crippen molar-refractivity contribution in [3.8, 4) is 0 Å². The van der Waals surface area contributed by atoms with Gasteiger partial charge in [-0.1, -0.05) is 11.6 Å². The summed E-state index contributed by atoms with van der Waals surface area (Å²) in [6, 6.07) is 5.30. The highest BCUT2D eigenvalue weighted by molar-refractivity contribution is 6.30. The van der Waals surface area contributed by atoms with Gasteiger partial charge in [0.15, 0.2) is 0 Å². The van der Waals surface area contributed by atoms with Gasteiger partial charge in [0, 0.05) is 31.4 Å². The fourth-order valence-electron chi connectivity index (χ4n) is 2.67. The molecule has 3 heterocycles. The smallest absolute Gasteiger partial charge is 0.258 e. The number of rotatable bonds is 2. The van der Waals surface area contributed by atoms with Crippen molar-refractivity contribution in [2.75, 3.05) is 13.1 Å². The van der Waals surface area contributed by atoms with E-state index >= 15 is 0 Å². The van der Waals surface area contributed by atoms with Gasteiger partial charge >= 0.3 is 0 Å². The summed E-state index contributed by atoms with van der Waals surface area (Å²) in [6.07, 6.45) is 3.76. The van der Waals surface area contributed by atoms with E-state index in [4.69, 9.17) is 17.3 Å². The fraction of sp³-hybridized carbons (Fsp3) is 0.429. The molecule has 5 nitrogen and oxygen atoms in total. The number of piperidine rings is 1. The highest BCUT2D eigenvalue weighted by Gasteiger charge is 2.17. The first-order valence-corrected chi connectivity index (χ1v) is 7.15. The summed E-state index contributed by atoms with van der Waals surface area (Å²) in [7, 11) is 0. The average molecular weight is 293 g/mol. The Morgan fingerprint density at radius 2 is 2.30 bits per heavy atom. The lowest BCUT2D eigenvalue weighted by atomic mass is 10.1. The molecule has 0 aliphatic carbocycles. The van der Waals surface area contributed by atoms with E-state index in [1.807, 2.05) is 0 Å². The average Bonchev–Trinajstić information content (AvgIpc) is 2.40. The molecule has 0 bridgehead atoms. The molecule has 0 spiro atoms. The molecule has 3 rings (SSSR count). The Morgan fingerprint density at radius 1 is 1.45 bits per heavy atom. The van der Waals surface area contributed by atoms with Crippen molar-refractivity contribution in [3.63, 3.8) is 0 Å². The number of hydrogen-bond acceptors (Lipinski definition) is 4. The van der Waals surface area contributed by atoms with Gasteiger partial charge in [-0.05, 0) is 31.5 Å². The van der Waals surface area contributed by atoms with E-state index in [0.29, 0.717) is 17.2 Å². The molecule has 1 atom stereocenters. The molecule has 1 fully saturated rings. The van der Waals surface area contributed by atoms with Crippen LogP contribution in [-0.2, 0) is 6.54 Å². The van der Waals surface area contributed by atoms with Crippen LogP contribution in [0.4, 0.5) is 0 Å². The molecule has 1 aliphatic rings. The second-order valence-corrected chi connectivity index (χ2v) is 5.74. The van der Waals surface area contributed by atoms with Gasteiger partial charge in [0.2, 0.25) is 0 Å². The molecular weight excluding hydrogens is 276 g/mol. The Labute approximate surface area is 122 Å². The van der Waals surface area contributed by atoms with Crippen LogP contribution < -0.4 is 11.3 Å². The highest BCUT2D eigenvalue weighted by atomic mass is 35.5. The van der Waals surface area contributed by atoms with Crippen molar-refractivity contribution >= 4 is 17.2 Å². The van der Waals surface area contributed by atoms with Crippen molar-refractivity contribution in [3.05, 3.63) is 45.5 Å². The molecule has 0 saturated carbocycles. The third kappa shape index (κ3) is 2.85. The van der Waals surface area contributed by atoms with Gasteiger partial charge in [0.25, 0.3) is 5.56 Å².